The summed E-state index contributed by atoms with van der Waals surface area (Å²) in [6.45, 7) is 4.70. The Bertz CT molecular complexity index is 1300. The number of carbonyl (C=O) groups excluding carboxylic acids is 1. The predicted octanol–water partition coefficient (Wildman–Crippen LogP) is 4.04. The number of likely N-dealkylation sites (tertiary alicyclic amines) is 1. The minimum absolute atomic E-state index is 0.000898. The van der Waals surface area contributed by atoms with E-state index < -0.39 is 0 Å². The quantitative estimate of drug-likeness (QED) is 0.425. The monoisotopic (exact) mass is 448 g/mol. The number of thiazole rings is 1. The van der Waals surface area contributed by atoms with E-state index in [4.69, 9.17) is 0 Å². The number of aliphatic hydroxyl groups is 1. The molecule has 1 amide bonds. The largest absolute Gasteiger partial charge is 0.394 e. The fourth-order valence-electron chi connectivity index (χ4n) is 4.22. The van der Waals surface area contributed by atoms with Crippen LogP contribution in [0, 0.1) is 13.8 Å². The smallest absolute Gasteiger partial charge is 0.270 e. The van der Waals surface area contributed by atoms with Crippen LogP contribution in [0.25, 0.3) is 22.3 Å². The van der Waals surface area contributed by atoms with Gasteiger partial charge in [0, 0.05) is 34.2 Å². The van der Waals surface area contributed by atoms with Gasteiger partial charge in [-0.2, -0.15) is 0 Å². The molecule has 5 rings (SSSR count). The number of benzene rings is 1. The molecule has 0 spiro atoms. The standard InChI is InChI=1S/C23H24N6O2S/c1-13-21(25-14(2)32-13)19-7-8-24-23(28-19)26-16-5-6-18-15(10-16)11-20(27-18)22(31)29-9-3-4-17(29)12-30/h5-8,10-11,17,27,30H,3-4,9,12H2,1-2H3,(H,24,26,28). The molecule has 1 unspecified atom stereocenters. The zero-order chi connectivity index (χ0) is 22.2. The SMILES string of the molecule is Cc1nc(-c2ccnc(Nc3ccc4[nH]c(C(=O)N5CCCC5CO)cc4c3)n2)c(C)s1. The van der Waals surface area contributed by atoms with Gasteiger partial charge in [0.1, 0.15) is 11.4 Å². The van der Waals surface area contributed by atoms with Crippen LogP contribution in [0.15, 0.2) is 36.5 Å². The number of hydrogen-bond acceptors (Lipinski definition) is 7. The number of fused-ring (bicyclic) bond motifs is 1. The number of aromatic amines is 1. The highest BCUT2D eigenvalue weighted by Gasteiger charge is 2.29. The predicted molar refractivity (Wildman–Crippen MR) is 125 cm³/mol. The maximum absolute atomic E-state index is 12.9. The Morgan fingerprint density at radius 3 is 2.94 bits per heavy atom. The van der Waals surface area contributed by atoms with E-state index >= 15 is 0 Å². The van der Waals surface area contributed by atoms with E-state index in [-0.39, 0.29) is 18.6 Å². The first kappa shape index (κ1) is 20.6. The van der Waals surface area contributed by atoms with Crippen molar-refractivity contribution in [2.45, 2.75) is 32.7 Å². The summed E-state index contributed by atoms with van der Waals surface area (Å²) in [5, 5.41) is 14.7. The van der Waals surface area contributed by atoms with Gasteiger partial charge in [0.25, 0.3) is 5.91 Å². The zero-order valence-electron chi connectivity index (χ0n) is 17.9. The molecule has 3 N–H and O–H groups in total. The van der Waals surface area contributed by atoms with Crippen LogP contribution in [0.3, 0.4) is 0 Å². The van der Waals surface area contributed by atoms with E-state index in [9.17, 15) is 9.90 Å². The van der Waals surface area contributed by atoms with Gasteiger partial charge < -0.3 is 20.3 Å². The minimum Gasteiger partial charge on any atom is -0.394 e. The third-order valence-corrected chi connectivity index (χ3v) is 6.64. The molecule has 0 bridgehead atoms. The van der Waals surface area contributed by atoms with Crippen molar-refractivity contribution in [3.05, 3.63) is 52.1 Å². The van der Waals surface area contributed by atoms with Crippen LogP contribution in [-0.4, -0.2) is 55.0 Å². The van der Waals surface area contributed by atoms with Gasteiger partial charge in [-0.1, -0.05) is 0 Å². The summed E-state index contributed by atoms with van der Waals surface area (Å²) < 4.78 is 0. The summed E-state index contributed by atoms with van der Waals surface area (Å²) in [6.07, 6.45) is 3.48. The van der Waals surface area contributed by atoms with Gasteiger partial charge in [-0.05, 0) is 57.0 Å². The number of aromatic nitrogens is 4. The van der Waals surface area contributed by atoms with Crippen LogP contribution >= 0.6 is 11.3 Å². The molecule has 0 aliphatic carbocycles. The molecule has 0 radical (unpaired) electrons. The Morgan fingerprint density at radius 2 is 2.16 bits per heavy atom. The van der Waals surface area contributed by atoms with E-state index in [0.717, 1.165) is 50.7 Å². The number of hydrogen-bond donors (Lipinski definition) is 3. The Kier molecular flexibility index (Phi) is 5.36. The van der Waals surface area contributed by atoms with Gasteiger partial charge in [0.15, 0.2) is 0 Å². The molecule has 164 valence electrons. The molecule has 4 heterocycles. The average molecular weight is 449 g/mol. The zero-order valence-corrected chi connectivity index (χ0v) is 18.7. The lowest BCUT2D eigenvalue weighted by atomic mass is 10.2. The Morgan fingerprint density at radius 1 is 1.28 bits per heavy atom. The normalized spacial score (nSPS) is 16.1. The lowest BCUT2D eigenvalue weighted by molar-refractivity contribution is 0.0672. The molecule has 1 fully saturated rings. The van der Waals surface area contributed by atoms with Crippen LogP contribution in [0.2, 0.25) is 0 Å². The maximum Gasteiger partial charge on any atom is 0.270 e. The molecule has 9 heteroatoms. The van der Waals surface area contributed by atoms with Crippen LogP contribution in [0.4, 0.5) is 11.6 Å². The highest BCUT2D eigenvalue weighted by Crippen LogP contribution is 2.28. The first-order valence-corrected chi connectivity index (χ1v) is 11.4. The fourth-order valence-corrected chi connectivity index (χ4v) is 5.05. The molecule has 1 aliphatic heterocycles. The summed E-state index contributed by atoms with van der Waals surface area (Å²) in [5.74, 6) is 0.416. The number of nitrogens with zero attached hydrogens (tertiary/aromatic N) is 4. The average Bonchev–Trinajstić information content (AvgIpc) is 3.50. The first-order chi connectivity index (χ1) is 15.5. The second-order valence-corrected chi connectivity index (χ2v) is 9.40. The van der Waals surface area contributed by atoms with Crippen LogP contribution in [0.5, 0.6) is 0 Å². The summed E-state index contributed by atoms with van der Waals surface area (Å²) in [5.41, 5.74) is 3.90. The van der Waals surface area contributed by atoms with E-state index in [1.807, 2.05) is 44.2 Å². The van der Waals surface area contributed by atoms with Crippen molar-refractivity contribution >= 4 is 39.8 Å². The summed E-state index contributed by atoms with van der Waals surface area (Å²) in [6, 6.07) is 9.44. The number of nitrogens with one attached hydrogen (secondary N) is 2. The summed E-state index contributed by atoms with van der Waals surface area (Å²) >= 11 is 1.65. The Hall–Kier alpha value is -3.30. The lowest BCUT2D eigenvalue weighted by Crippen LogP contribution is -2.37. The van der Waals surface area contributed by atoms with E-state index in [1.165, 1.54) is 0 Å². The van der Waals surface area contributed by atoms with Crippen molar-refractivity contribution in [1.29, 1.82) is 0 Å². The van der Waals surface area contributed by atoms with E-state index in [0.29, 0.717) is 18.2 Å². The van der Waals surface area contributed by atoms with E-state index in [2.05, 4.69) is 25.3 Å². The molecule has 1 saturated heterocycles. The van der Waals surface area contributed by atoms with Gasteiger partial charge in [-0.3, -0.25) is 4.79 Å². The van der Waals surface area contributed by atoms with Crippen molar-refractivity contribution in [1.82, 2.24) is 24.8 Å². The van der Waals surface area contributed by atoms with Crippen LogP contribution < -0.4 is 5.32 Å². The fraction of sp³-hybridized carbons (Fsp3) is 0.304. The molecule has 0 saturated carbocycles. The molecule has 32 heavy (non-hydrogen) atoms. The minimum atomic E-state index is -0.0966. The number of amides is 1. The number of anilines is 2. The van der Waals surface area contributed by atoms with Gasteiger partial charge in [-0.25, -0.2) is 15.0 Å². The Balaban J connectivity index is 1.38. The van der Waals surface area contributed by atoms with Gasteiger partial charge in [-0.15, -0.1) is 11.3 Å². The number of aryl methyl sites for hydroxylation is 2. The molecule has 1 aliphatic rings. The number of carbonyl (C=O) groups is 1. The topological polar surface area (TPSA) is 107 Å². The molecule has 4 aromatic rings. The number of rotatable bonds is 5. The van der Waals surface area contributed by atoms with Gasteiger partial charge >= 0.3 is 0 Å². The summed E-state index contributed by atoms with van der Waals surface area (Å²) in [4.78, 5) is 32.5. The molecule has 8 nitrogen and oxygen atoms in total. The molecule has 1 aromatic carbocycles. The maximum atomic E-state index is 12.9. The Labute approximate surface area is 189 Å². The second kappa shape index (κ2) is 8.33. The number of aliphatic hydroxyl groups excluding tert-OH is 1. The molecular weight excluding hydrogens is 424 g/mol. The third-order valence-electron chi connectivity index (χ3n) is 5.76. The molecule has 3 aromatic heterocycles. The van der Waals surface area contributed by atoms with Crippen molar-refractivity contribution in [2.75, 3.05) is 18.5 Å². The van der Waals surface area contributed by atoms with Crippen molar-refractivity contribution in [3.63, 3.8) is 0 Å². The number of H-pyrrole nitrogens is 1. The van der Waals surface area contributed by atoms with Gasteiger partial charge in [0.2, 0.25) is 5.95 Å². The molecule has 1 atom stereocenters. The lowest BCUT2D eigenvalue weighted by Gasteiger charge is -2.22. The van der Waals surface area contributed by atoms with Crippen LogP contribution in [-0.2, 0) is 0 Å². The van der Waals surface area contributed by atoms with Gasteiger partial charge in [0.05, 0.1) is 23.4 Å². The van der Waals surface area contributed by atoms with Crippen molar-refractivity contribution in [2.24, 2.45) is 0 Å². The van der Waals surface area contributed by atoms with Crippen molar-refractivity contribution in [3.8, 4) is 11.4 Å². The van der Waals surface area contributed by atoms with E-state index in [1.54, 1.807) is 22.4 Å². The summed E-state index contributed by atoms with van der Waals surface area (Å²) in [7, 11) is 0. The highest BCUT2D eigenvalue weighted by atomic mass is 32.1. The second-order valence-electron chi connectivity index (χ2n) is 7.99. The van der Waals surface area contributed by atoms with Crippen molar-refractivity contribution < 1.29 is 9.90 Å². The third kappa shape index (κ3) is 3.85. The molecular formula is C23H24N6O2S. The van der Waals surface area contributed by atoms with Crippen LogP contribution in [0.1, 0.15) is 33.2 Å². The highest BCUT2D eigenvalue weighted by molar-refractivity contribution is 7.11. The first-order valence-electron chi connectivity index (χ1n) is 10.6.